The maximum absolute atomic E-state index is 5.65. The zero-order chi connectivity index (χ0) is 13.2. The topological polar surface area (TPSA) is 68.8 Å². The molecule has 2 atom stereocenters. The molecule has 5 nitrogen and oxygen atoms in total. The van der Waals surface area contributed by atoms with Crippen LogP contribution in [-0.4, -0.2) is 15.0 Å². The molecular weight excluding hydrogens is 282 g/mol. The predicted octanol–water partition coefficient (Wildman–Crippen LogP) is 2.15. The first-order valence-corrected chi connectivity index (χ1v) is 6.57. The predicted molar refractivity (Wildman–Crippen MR) is 72.0 cm³/mol. The van der Waals surface area contributed by atoms with Gasteiger partial charge in [0.15, 0.2) is 4.60 Å². The molecule has 0 aliphatic heterocycles. The molecule has 0 spiro atoms. The smallest absolute Gasteiger partial charge is 0.153 e. The van der Waals surface area contributed by atoms with Crippen molar-refractivity contribution in [2.75, 3.05) is 0 Å². The van der Waals surface area contributed by atoms with Crippen molar-refractivity contribution >= 4 is 15.9 Å². The second-order valence-corrected chi connectivity index (χ2v) is 6.36. The quantitative estimate of drug-likeness (QED) is 0.660. The number of nitrogens with one attached hydrogen (secondary N) is 1. The minimum absolute atomic E-state index is 0.0543. The first-order valence-electron chi connectivity index (χ1n) is 5.78. The molecule has 0 aromatic carbocycles. The first kappa shape index (κ1) is 14.6. The minimum Gasteiger partial charge on any atom is -0.271 e. The van der Waals surface area contributed by atoms with Gasteiger partial charge in [-0.2, -0.15) is 0 Å². The Morgan fingerprint density at radius 1 is 1.47 bits per heavy atom. The Morgan fingerprint density at radius 3 is 2.41 bits per heavy atom. The molecule has 17 heavy (non-hydrogen) atoms. The third-order valence-electron chi connectivity index (χ3n) is 3.43. The van der Waals surface area contributed by atoms with Crippen LogP contribution in [0.2, 0.25) is 0 Å². The number of hydrogen-bond acceptors (Lipinski definition) is 4. The van der Waals surface area contributed by atoms with Gasteiger partial charge in [-0.25, -0.2) is 4.68 Å². The van der Waals surface area contributed by atoms with Crippen molar-refractivity contribution in [3.05, 3.63) is 10.3 Å². The van der Waals surface area contributed by atoms with Gasteiger partial charge in [-0.1, -0.05) is 32.9 Å². The number of aromatic nitrogens is 3. The molecule has 6 heteroatoms. The van der Waals surface area contributed by atoms with Crippen molar-refractivity contribution < 1.29 is 0 Å². The summed E-state index contributed by atoms with van der Waals surface area (Å²) < 4.78 is 2.51. The van der Waals surface area contributed by atoms with Crippen LogP contribution in [-0.2, 0) is 7.05 Å². The van der Waals surface area contributed by atoms with E-state index < -0.39 is 0 Å². The van der Waals surface area contributed by atoms with Crippen LogP contribution in [0.3, 0.4) is 0 Å². The summed E-state index contributed by atoms with van der Waals surface area (Å²) in [7, 11) is 1.87. The lowest BCUT2D eigenvalue weighted by Gasteiger charge is -2.30. The molecule has 1 aromatic rings. The van der Waals surface area contributed by atoms with Gasteiger partial charge in [-0.05, 0) is 33.7 Å². The summed E-state index contributed by atoms with van der Waals surface area (Å²) in [4.78, 5) is 0. The average molecular weight is 304 g/mol. The molecule has 0 bridgehead atoms. The van der Waals surface area contributed by atoms with Crippen molar-refractivity contribution in [1.29, 1.82) is 0 Å². The van der Waals surface area contributed by atoms with Crippen LogP contribution < -0.4 is 11.3 Å². The van der Waals surface area contributed by atoms with Gasteiger partial charge < -0.3 is 0 Å². The van der Waals surface area contributed by atoms with Crippen LogP contribution in [0.25, 0.3) is 0 Å². The van der Waals surface area contributed by atoms with E-state index in [1.54, 1.807) is 4.68 Å². The van der Waals surface area contributed by atoms with E-state index in [-0.39, 0.29) is 11.5 Å². The van der Waals surface area contributed by atoms with Gasteiger partial charge in [0, 0.05) is 7.05 Å². The van der Waals surface area contributed by atoms with Crippen molar-refractivity contribution in [3.63, 3.8) is 0 Å². The van der Waals surface area contributed by atoms with Crippen molar-refractivity contribution in [2.45, 2.75) is 40.2 Å². The van der Waals surface area contributed by atoms with E-state index in [2.05, 4.69) is 59.4 Å². The highest BCUT2D eigenvalue weighted by Gasteiger charge is 2.27. The summed E-state index contributed by atoms with van der Waals surface area (Å²) in [6.07, 6.45) is 0.944. The molecule has 98 valence electrons. The number of hydrazine groups is 1. The molecule has 1 heterocycles. The lowest BCUT2D eigenvalue weighted by atomic mass is 9.78. The number of aryl methyl sites for hydroxylation is 1. The monoisotopic (exact) mass is 303 g/mol. The van der Waals surface area contributed by atoms with E-state index in [9.17, 15) is 0 Å². The SMILES string of the molecule is CC(CC(NN)c1c(Br)nnn1C)C(C)(C)C. The van der Waals surface area contributed by atoms with Crippen LogP contribution in [0.4, 0.5) is 0 Å². The summed E-state index contributed by atoms with van der Waals surface area (Å²) in [5.41, 5.74) is 4.11. The molecule has 0 aliphatic carbocycles. The van der Waals surface area contributed by atoms with Crippen LogP contribution >= 0.6 is 15.9 Å². The molecule has 0 amide bonds. The lowest BCUT2D eigenvalue weighted by Crippen LogP contribution is -2.33. The number of halogens is 1. The molecule has 0 saturated carbocycles. The Morgan fingerprint density at radius 2 is 2.06 bits per heavy atom. The molecule has 0 aliphatic rings. The molecule has 2 unspecified atom stereocenters. The van der Waals surface area contributed by atoms with Crippen LogP contribution in [0, 0.1) is 11.3 Å². The lowest BCUT2D eigenvalue weighted by molar-refractivity contribution is 0.220. The van der Waals surface area contributed by atoms with Crippen LogP contribution in [0.1, 0.15) is 45.9 Å². The molecule has 1 rings (SSSR count). The number of rotatable bonds is 4. The normalized spacial score (nSPS) is 15.9. The van der Waals surface area contributed by atoms with Gasteiger partial charge in [0.1, 0.15) is 0 Å². The van der Waals surface area contributed by atoms with E-state index in [0.717, 1.165) is 16.7 Å². The van der Waals surface area contributed by atoms with Crippen molar-refractivity contribution in [2.24, 2.45) is 24.2 Å². The zero-order valence-electron chi connectivity index (χ0n) is 11.2. The second-order valence-electron chi connectivity index (χ2n) is 5.61. The average Bonchev–Trinajstić information content (AvgIpc) is 2.54. The Bertz CT molecular complexity index is 349. The molecule has 0 radical (unpaired) electrons. The zero-order valence-corrected chi connectivity index (χ0v) is 12.7. The maximum Gasteiger partial charge on any atom is 0.153 e. The number of hydrogen-bond donors (Lipinski definition) is 2. The summed E-state index contributed by atoms with van der Waals surface area (Å²) in [5.74, 6) is 6.19. The van der Waals surface area contributed by atoms with Crippen molar-refractivity contribution in [1.82, 2.24) is 20.4 Å². The molecule has 3 N–H and O–H groups in total. The highest BCUT2D eigenvalue weighted by molar-refractivity contribution is 9.10. The first-order chi connectivity index (χ1) is 7.77. The number of nitrogens with zero attached hydrogens (tertiary/aromatic N) is 3. The fraction of sp³-hybridized carbons (Fsp3) is 0.818. The van der Waals surface area contributed by atoms with Crippen LogP contribution in [0.15, 0.2) is 4.60 Å². The standard InChI is InChI=1S/C11H22BrN5/c1-7(11(2,3)4)6-8(14-13)9-10(12)15-16-17(9)5/h7-8,14H,6,13H2,1-5H3. The van der Waals surface area contributed by atoms with Gasteiger partial charge in [-0.15, -0.1) is 5.10 Å². The summed E-state index contributed by atoms with van der Waals surface area (Å²) in [6, 6.07) is 0.0543. The molecule has 0 saturated heterocycles. The molecule has 1 aromatic heterocycles. The third kappa shape index (κ3) is 3.50. The molecular formula is C11H22BrN5. The van der Waals surface area contributed by atoms with Gasteiger partial charge in [0.05, 0.1) is 11.7 Å². The van der Waals surface area contributed by atoms with Gasteiger partial charge in [0.2, 0.25) is 0 Å². The van der Waals surface area contributed by atoms with E-state index in [4.69, 9.17) is 5.84 Å². The third-order valence-corrected chi connectivity index (χ3v) is 3.99. The van der Waals surface area contributed by atoms with Gasteiger partial charge in [-0.3, -0.25) is 11.3 Å². The van der Waals surface area contributed by atoms with Crippen molar-refractivity contribution in [3.8, 4) is 0 Å². The maximum atomic E-state index is 5.65. The Labute approximate surface area is 111 Å². The molecule has 0 fully saturated rings. The largest absolute Gasteiger partial charge is 0.271 e. The van der Waals surface area contributed by atoms with E-state index in [1.165, 1.54) is 0 Å². The summed E-state index contributed by atoms with van der Waals surface area (Å²) in [6.45, 7) is 8.95. The van der Waals surface area contributed by atoms with Crippen LogP contribution in [0.5, 0.6) is 0 Å². The Balaban J connectivity index is 2.87. The fourth-order valence-electron chi connectivity index (χ4n) is 1.67. The fourth-order valence-corrected chi connectivity index (χ4v) is 2.28. The second kappa shape index (κ2) is 5.46. The highest BCUT2D eigenvalue weighted by Crippen LogP contribution is 2.34. The summed E-state index contributed by atoms with van der Waals surface area (Å²) >= 11 is 3.41. The van der Waals surface area contributed by atoms with E-state index >= 15 is 0 Å². The van der Waals surface area contributed by atoms with Gasteiger partial charge >= 0.3 is 0 Å². The minimum atomic E-state index is 0.0543. The summed E-state index contributed by atoms with van der Waals surface area (Å²) in [5, 5.41) is 7.97. The van der Waals surface area contributed by atoms with E-state index in [1.807, 2.05) is 7.05 Å². The number of nitrogens with two attached hydrogens (primary N) is 1. The van der Waals surface area contributed by atoms with Gasteiger partial charge in [0.25, 0.3) is 0 Å². The highest BCUT2D eigenvalue weighted by atomic mass is 79.9. The Kier molecular flexibility index (Phi) is 4.69. The Hall–Kier alpha value is -0.460. The van der Waals surface area contributed by atoms with E-state index in [0.29, 0.717) is 5.92 Å².